The fourth-order valence-electron chi connectivity index (χ4n) is 4.42. The van der Waals surface area contributed by atoms with Gasteiger partial charge in [-0.15, -0.1) is 5.92 Å². The van der Waals surface area contributed by atoms with Crippen LogP contribution in [0.25, 0.3) is 21.8 Å². The molecule has 0 bridgehead atoms. The zero-order valence-electron chi connectivity index (χ0n) is 17.6. The van der Waals surface area contributed by atoms with E-state index in [0.717, 1.165) is 27.5 Å². The van der Waals surface area contributed by atoms with Crippen LogP contribution in [0.1, 0.15) is 22.0 Å². The SMILES string of the molecule is [CH2-]C1CN(C(=O)c2cc3cc(OC)c(OC)c(OC)c3[nH]2)c2ccc3[nH]ccc3c21.[Y]. The number of fused-ring (bicyclic) bond motifs is 4. The standard InChI is InChI=1S/C23H22N3O4.Y/c1-12-11-26(17-6-5-15-14(19(12)17)7-8-24-15)23(27)16-9-13-10-18(28-2)21(29-3)22(30-4)20(13)25-16;/h5-10,12,24-25H,1,11H2,2-4H3;/q-1;. The van der Waals surface area contributed by atoms with Crippen LogP contribution in [0.2, 0.25) is 0 Å². The zero-order chi connectivity index (χ0) is 21.0. The normalized spacial score (nSPS) is 15.1. The summed E-state index contributed by atoms with van der Waals surface area (Å²) in [5.41, 5.74) is 4.19. The summed E-state index contributed by atoms with van der Waals surface area (Å²) < 4.78 is 16.4. The molecule has 2 N–H and O–H groups in total. The first kappa shape index (κ1) is 21.7. The van der Waals surface area contributed by atoms with Gasteiger partial charge < -0.3 is 36.0 Å². The van der Waals surface area contributed by atoms with Gasteiger partial charge in [-0.2, -0.15) is 0 Å². The number of hydrogen-bond acceptors (Lipinski definition) is 4. The van der Waals surface area contributed by atoms with Crippen molar-refractivity contribution in [3.63, 3.8) is 0 Å². The number of methoxy groups -OCH3 is 3. The summed E-state index contributed by atoms with van der Waals surface area (Å²) >= 11 is 0. The first-order valence-electron chi connectivity index (χ1n) is 9.64. The number of rotatable bonds is 4. The van der Waals surface area contributed by atoms with Crippen LogP contribution < -0.4 is 19.1 Å². The number of hydrogen-bond donors (Lipinski definition) is 2. The monoisotopic (exact) mass is 493 g/mol. The van der Waals surface area contributed by atoms with Crippen molar-refractivity contribution in [2.45, 2.75) is 5.92 Å². The molecule has 1 atom stereocenters. The summed E-state index contributed by atoms with van der Waals surface area (Å²) in [4.78, 5) is 21.7. The number of nitrogens with zero attached hydrogens (tertiary/aromatic N) is 1. The fraction of sp³-hybridized carbons (Fsp3) is 0.217. The molecule has 7 nitrogen and oxygen atoms in total. The van der Waals surface area contributed by atoms with Gasteiger partial charge >= 0.3 is 0 Å². The van der Waals surface area contributed by atoms with Gasteiger partial charge in [-0.25, -0.2) is 0 Å². The molecule has 0 fully saturated rings. The average molecular weight is 493 g/mol. The van der Waals surface area contributed by atoms with Crippen molar-refractivity contribution in [3.8, 4) is 17.2 Å². The van der Waals surface area contributed by atoms with E-state index in [1.54, 1.807) is 26.2 Å². The van der Waals surface area contributed by atoms with Gasteiger partial charge in [0.2, 0.25) is 5.75 Å². The molecule has 5 rings (SSSR count). The summed E-state index contributed by atoms with van der Waals surface area (Å²) in [5, 5.41) is 1.91. The van der Waals surface area contributed by atoms with Crippen molar-refractivity contribution in [2.75, 3.05) is 32.8 Å². The molecule has 1 radical (unpaired) electrons. The van der Waals surface area contributed by atoms with Crippen molar-refractivity contribution in [1.29, 1.82) is 0 Å². The third kappa shape index (κ3) is 3.22. The molecule has 31 heavy (non-hydrogen) atoms. The number of aromatic nitrogens is 2. The molecule has 0 aliphatic carbocycles. The summed E-state index contributed by atoms with van der Waals surface area (Å²) in [5.74, 6) is 1.40. The van der Waals surface area contributed by atoms with Crippen molar-refractivity contribution in [3.05, 3.63) is 54.7 Å². The minimum atomic E-state index is -0.117. The van der Waals surface area contributed by atoms with Gasteiger partial charge in [0, 0.05) is 67.4 Å². The van der Waals surface area contributed by atoms with Crippen molar-refractivity contribution in [1.82, 2.24) is 9.97 Å². The minimum Gasteiger partial charge on any atom is -0.493 e. The predicted octanol–water partition coefficient (Wildman–Crippen LogP) is 4.25. The van der Waals surface area contributed by atoms with Crippen LogP contribution in [0.15, 0.2) is 36.5 Å². The molecule has 3 heterocycles. The fourth-order valence-corrected chi connectivity index (χ4v) is 4.42. The maximum Gasteiger partial charge on any atom is 0.274 e. The van der Waals surface area contributed by atoms with E-state index in [2.05, 4.69) is 16.9 Å². The summed E-state index contributed by atoms with van der Waals surface area (Å²) in [7, 11) is 4.68. The van der Waals surface area contributed by atoms with E-state index in [-0.39, 0.29) is 44.5 Å². The van der Waals surface area contributed by atoms with Gasteiger partial charge in [-0.05, 0) is 35.9 Å². The third-order valence-electron chi connectivity index (χ3n) is 5.75. The van der Waals surface area contributed by atoms with Crippen molar-refractivity contribution >= 4 is 33.4 Å². The minimum absolute atomic E-state index is 0. The Kier molecular flexibility index (Phi) is 5.75. The van der Waals surface area contributed by atoms with Crippen molar-refractivity contribution < 1.29 is 51.7 Å². The maximum atomic E-state index is 13.5. The van der Waals surface area contributed by atoms with Crippen LogP contribution >= 0.6 is 0 Å². The quantitative estimate of drug-likeness (QED) is 0.417. The second kappa shape index (κ2) is 8.21. The smallest absolute Gasteiger partial charge is 0.274 e. The van der Waals surface area contributed by atoms with Gasteiger partial charge in [0.05, 0.1) is 26.8 Å². The Balaban J connectivity index is 0.00000231. The Morgan fingerprint density at radius 1 is 1.10 bits per heavy atom. The predicted molar refractivity (Wildman–Crippen MR) is 116 cm³/mol. The van der Waals surface area contributed by atoms with Crippen LogP contribution in [0.3, 0.4) is 0 Å². The van der Waals surface area contributed by atoms with E-state index < -0.39 is 0 Å². The summed E-state index contributed by atoms with van der Waals surface area (Å²) in [6.45, 7) is 4.80. The summed E-state index contributed by atoms with van der Waals surface area (Å²) in [6, 6.07) is 9.65. The Labute approximate surface area is 204 Å². The van der Waals surface area contributed by atoms with Gasteiger partial charge in [0.15, 0.2) is 11.5 Å². The molecule has 0 saturated heterocycles. The van der Waals surface area contributed by atoms with Gasteiger partial charge in [0.1, 0.15) is 5.69 Å². The number of benzene rings is 2. The molecule has 0 spiro atoms. The Bertz CT molecular complexity index is 1290. The number of ether oxygens (including phenoxy) is 3. The van der Waals surface area contributed by atoms with Crippen LogP contribution in [-0.4, -0.2) is 43.7 Å². The first-order valence-corrected chi connectivity index (χ1v) is 9.64. The number of anilines is 1. The molecule has 1 unspecified atom stereocenters. The number of H-pyrrole nitrogens is 2. The molecule has 1 aliphatic rings. The number of aromatic amines is 2. The molecule has 0 saturated carbocycles. The molecule has 1 aliphatic heterocycles. The van der Waals surface area contributed by atoms with Crippen LogP contribution in [0.5, 0.6) is 17.2 Å². The van der Waals surface area contributed by atoms with E-state index in [4.69, 9.17) is 14.2 Å². The van der Waals surface area contributed by atoms with Crippen LogP contribution in [0.4, 0.5) is 5.69 Å². The summed E-state index contributed by atoms with van der Waals surface area (Å²) in [6.07, 6.45) is 1.91. The van der Waals surface area contributed by atoms with Crippen molar-refractivity contribution in [2.24, 2.45) is 0 Å². The van der Waals surface area contributed by atoms with Crippen LogP contribution in [0, 0.1) is 6.92 Å². The third-order valence-corrected chi connectivity index (χ3v) is 5.75. The molecular formula is C23H22N3O4Y-. The zero-order valence-corrected chi connectivity index (χ0v) is 20.5. The van der Waals surface area contributed by atoms with Gasteiger partial charge in [0.25, 0.3) is 5.91 Å². The second-order valence-corrected chi connectivity index (χ2v) is 7.34. The Morgan fingerprint density at radius 3 is 2.58 bits per heavy atom. The molecule has 4 aromatic rings. The molecule has 1 amide bonds. The van der Waals surface area contributed by atoms with Gasteiger partial charge in [-0.1, -0.05) is 0 Å². The number of carbonyl (C=O) groups is 1. The van der Waals surface area contributed by atoms with E-state index >= 15 is 0 Å². The number of carbonyl (C=O) groups excluding carboxylic acids is 1. The van der Waals surface area contributed by atoms with E-state index in [1.165, 1.54) is 0 Å². The molecular weight excluding hydrogens is 471 g/mol. The van der Waals surface area contributed by atoms with E-state index in [9.17, 15) is 4.79 Å². The van der Waals surface area contributed by atoms with E-state index in [0.29, 0.717) is 35.0 Å². The van der Waals surface area contributed by atoms with E-state index in [1.807, 2.05) is 36.5 Å². The first-order chi connectivity index (χ1) is 14.6. The average Bonchev–Trinajstić information content (AvgIpc) is 3.47. The topological polar surface area (TPSA) is 79.6 Å². The largest absolute Gasteiger partial charge is 0.493 e. The Hall–Kier alpha value is -2.51. The molecule has 2 aromatic carbocycles. The molecule has 157 valence electrons. The molecule has 8 heteroatoms. The number of nitrogens with one attached hydrogen (secondary N) is 2. The molecule has 2 aromatic heterocycles. The number of amides is 1. The van der Waals surface area contributed by atoms with Crippen LogP contribution in [-0.2, 0) is 32.7 Å². The maximum absolute atomic E-state index is 13.5. The van der Waals surface area contributed by atoms with Gasteiger partial charge in [-0.3, -0.25) is 4.79 Å². The second-order valence-electron chi connectivity index (χ2n) is 7.34. The Morgan fingerprint density at radius 2 is 1.87 bits per heavy atom.